The Hall–Kier alpha value is -1.94. The minimum absolute atomic E-state index is 0.00289. The van der Waals surface area contributed by atoms with Gasteiger partial charge in [-0.2, -0.15) is 0 Å². The zero-order valence-corrected chi connectivity index (χ0v) is 15.2. The van der Waals surface area contributed by atoms with Gasteiger partial charge in [0.25, 0.3) is 0 Å². The smallest absolute Gasteiger partial charge is 0.342 e. The van der Waals surface area contributed by atoms with Crippen LogP contribution in [0.3, 0.4) is 0 Å². The molecule has 0 heterocycles. The normalized spacial score (nSPS) is 12.2. The lowest BCUT2D eigenvalue weighted by molar-refractivity contribution is -0.151. The molecular formula is C19H23O5P. The molecule has 2 rings (SSSR count). The van der Waals surface area contributed by atoms with Gasteiger partial charge in [-0.15, -0.1) is 0 Å². The van der Waals surface area contributed by atoms with Crippen LogP contribution in [-0.2, 0) is 14.1 Å². The van der Waals surface area contributed by atoms with Crippen molar-refractivity contribution >= 4 is 13.6 Å². The van der Waals surface area contributed by atoms with E-state index in [0.717, 1.165) is 11.1 Å². The summed E-state index contributed by atoms with van der Waals surface area (Å²) in [6, 6.07) is 18.3. The minimum Gasteiger partial charge on any atom is -0.452 e. The van der Waals surface area contributed by atoms with Crippen LogP contribution in [0.4, 0.5) is 0 Å². The van der Waals surface area contributed by atoms with Crippen molar-refractivity contribution in [1.82, 2.24) is 0 Å². The topological polar surface area (TPSA) is 83.8 Å². The van der Waals surface area contributed by atoms with E-state index in [1.165, 1.54) is 0 Å². The maximum absolute atomic E-state index is 12.8. The van der Waals surface area contributed by atoms with Crippen molar-refractivity contribution in [2.75, 3.05) is 0 Å². The number of carbonyl (C=O) groups is 1. The first-order valence-electron chi connectivity index (χ1n) is 8.22. The van der Waals surface area contributed by atoms with E-state index in [1.54, 1.807) is 13.8 Å². The zero-order valence-electron chi connectivity index (χ0n) is 14.3. The summed E-state index contributed by atoms with van der Waals surface area (Å²) in [6.07, 6.45) is -0.717. The van der Waals surface area contributed by atoms with Crippen LogP contribution < -0.4 is 0 Å². The van der Waals surface area contributed by atoms with Gasteiger partial charge in [-0.1, -0.05) is 74.5 Å². The molecule has 25 heavy (non-hydrogen) atoms. The summed E-state index contributed by atoms with van der Waals surface area (Å²) in [5.74, 6) is -0.872. The number of rotatable bonds is 7. The Morgan fingerprint density at radius 1 is 0.960 bits per heavy atom. The number of carbonyl (C=O) groups excluding carboxylic acids is 1. The summed E-state index contributed by atoms with van der Waals surface area (Å²) in [5, 5.41) is -1.82. The Morgan fingerprint density at radius 3 is 1.68 bits per heavy atom. The second-order valence-electron chi connectivity index (χ2n) is 5.89. The van der Waals surface area contributed by atoms with Crippen LogP contribution >= 0.6 is 7.60 Å². The number of hydrogen-bond acceptors (Lipinski definition) is 3. The van der Waals surface area contributed by atoms with Crippen molar-refractivity contribution in [2.24, 2.45) is 0 Å². The Morgan fingerprint density at radius 2 is 1.36 bits per heavy atom. The van der Waals surface area contributed by atoms with Crippen LogP contribution in [0.1, 0.15) is 43.9 Å². The first kappa shape index (κ1) is 19.4. The SMILES string of the molecule is CCC(CC)(C(=O)OC(c1ccccc1)c1ccccc1)P(=O)(O)O. The zero-order chi connectivity index (χ0) is 18.5. The molecule has 0 saturated carbocycles. The summed E-state index contributed by atoms with van der Waals surface area (Å²) in [7, 11) is -4.68. The first-order chi connectivity index (χ1) is 11.9. The van der Waals surface area contributed by atoms with E-state index in [9.17, 15) is 19.1 Å². The minimum atomic E-state index is -4.68. The van der Waals surface area contributed by atoms with E-state index < -0.39 is 24.8 Å². The Balaban J connectivity index is 2.43. The average molecular weight is 362 g/mol. The van der Waals surface area contributed by atoms with E-state index >= 15 is 0 Å². The molecule has 2 aromatic carbocycles. The van der Waals surface area contributed by atoms with Gasteiger partial charge in [-0.05, 0) is 24.0 Å². The molecule has 6 heteroatoms. The molecular weight excluding hydrogens is 339 g/mol. The van der Waals surface area contributed by atoms with Gasteiger partial charge in [0.15, 0.2) is 11.3 Å². The van der Waals surface area contributed by atoms with Crippen LogP contribution in [0.5, 0.6) is 0 Å². The second kappa shape index (κ2) is 7.96. The second-order valence-corrected chi connectivity index (χ2v) is 7.83. The van der Waals surface area contributed by atoms with Crippen LogP contribution in [0.2, 0.25) is 0 Å². The maximum atomic E-state index is 12.8. The Labute approximate surface area is 147 Å². The van der Waals surface area contributed by atoms with Crippen LogP contribution in [0.15, 0.2) is 60.7 Å². The largest absolute Gasteiger partial charge is 0.452 e. The summed E-state index contributed by atoms with van der Waals surface area (Å²) in [6.45, 7) is 3.17. The molecule has 134 valence electrons. The highest BCUT2D eigenvalue weighted by Crippen LogP contribution is 2.55. The summed E-state index contributed by atoms with van der Waals surface area (Å²) >= 11 is 0. The fourth-order valence-electron chi connectivity index (χ4n) is 2.87. The maximum Gasteiger partial charge on any atom is 0.342 e. The predicted molar refractivity (Wildman–Crippen MR) is 96.2 cm³/mol. The van der Waals surface area contributed by atoms with Gasteiger partial charge in [0.2, 0.25) is 0 Å². The summed E-state index contributed by atoms with van der Waals surface area (Å²) in [5.41, 5.74) is 1.49. The van der Waals surface area contributed by atoms with Crippen molar-refractivity contribution < 1.29 is 23.9 Å². The van der Waals surface area contributed by atoms with Gasteiger partial charge < -0.3 is 14.5 Å². The van der Waals surface area contributed by atoms with Crippen molar-refractivity contribution in [3.8, 4) is 0 Å². The molecule has 2 N–H and O–H groups in total. The highest BCUT2D eigenvalue weighted by Gasteiger charge is 2.52. The molecule has 0 saturated heterocycles. The third kappa shape index (κ3) is 4.01. The fraction of sp³-hybridized carbons (Fsp3) is 0.316. The molecule has 0 aromatic heterocycles. The lowest BCUT2D eigenvalue weighted by atomic mass is 9.99. The summed E-state index contributed by atoms with van der Waals surface area (Å²) in [4.78, 5) is 32.3. The fourth-order valence-corrected chi connectivity index (χ4v) is 3.98. The summed E-state index contributed by atoms with van der Waals surface area (Å²) < 4.78 is 17.7. The van der Waals surface area contributed by atoms with Gasteiger partial charge in [-0.25, -0.2) is 0 Å². The molecule has 2 aromatic rings. The standard InChI is InChI=1S/C19H23O5P/c1-3-19(4-2,25(21,22)23)18(20)24-17(15-11-7-5-8-12-15)16-13-9-6-10-14-16/h5-14,17H,3-4H2,1-2H3,(H2,21,22,23). The molecule has 0 aliphatic rings. The third-order valence-electron chi connectivity index (χ3n) is 4.54. The van der Waals surface area contributed by atoms with Crippen LogP contribution in [0.25, 0.3) is 0 Å². The van der Waals surface area contributed by atoms with Crippen molar-refractivity contribution in [2.45, 2.75) is 37.9 Å². The van der Waals surface area contributed by atoms with Crippen molar-refractivity contribution in [1.29, 1.82) is 0 Å². The average Bonchev–Trinajstić information content (AvgIpc) is 2.61. The monoisotopic (exact) mass is 362 g/mol. The number of benzene rings is 2. The molecule has 0 bridgehead atoms. The molecule has 0 unspecified atom stereocenters. The van der Waals surface area contributed by atoms with Gasteiger partial charge in [0, 0.05) is 0 Å². The number of esters is 1. The highest BCUT2D eigenvalue weighted by atomic mass is 31.2. The molecule has 0 spiro atoms. The van der Waals surface area contributed by atoms with Crippen LogP contribution in [0, 0.1) is 0 Å². The van der Waals surface area contributed by atoms with Gasteiger partial charge in [0.1, 0.15) is 0 Å². The van der Waals surface area contributed by atoms with E-state index in [0.29, 0.717) is 0 Å². The molecule has 0 fully saturated rings. The van der Waals surface area contributed by atoms with E-state index in [1.807, 2.05) is 60.7 Å². The molecule has 5 nitrogen and oxygen atoms in total. The Kier molecular flexibility index (Phi) is 6.17. The molecule has 0 atom stereocenters. The van der Waals surface area contributed by atoms with Gasteiger partial charge in [-0.3, -0.25) is 9.36 Å². The Bertz CT molecular complexity index is 695. The number of hydrogen-bond donors (Lipinski definition) is 2. The molecule has 0 aliphatic carbocycles. The highest BCUT2D eigenvalue weighted by molar-refractivity contribution is 7.54. The van der Waals surface area contributed by atoms with Crippen molar-refractivity contribution in [3.63, 3.8) is 0 Å². The third-order valence-corrected chi connectivity index (χ3v) is 6.47. The van der Waals surface area contributed by atoms with E-state index in [2.05, 4.69) is 0 Å². The van der Waals surface area contributed by atoms with E-state index in [-0.39, 0.29) is 12.8 Å². The lowest BCUT2D eigenvalue weighted by Crippen LogP contribution is -2.39. The number of ether oxygens (including phenoxy) is 1. The lowest BCUT2D eigenvalue weighted by Gasteiger charge is -2.32. The quantitative estimate of drug-likeness (QED) is 0.573. The van der Waals surface area contributed by atoms with Gasteiger partial charge in [0.05, 0.1) is 0 Å². The molecule has 0 aliphatic heterocycles. The molecule has 0 radical (unpaired) electrons. The predicted octanol–water partition coefficient (Wildman–Crippen LogP) is 4.06. The van der Waals surface area contributed by atoms with Gasteiger partial charge >= 0.3 is 13.6 Å². The molecule has 0 amide bonds. The van der Waals surface area contributed by atoms with E-state index in [4.69, 9.17) is 4.74 Å². The van der Waals surface area contributed by atoms with Crippen LogP contribution in [-0.4, -0.2) is 20.9 Å². The van der Waals surface area contributed by atoms with Crippen molar-refractivity contribution in [3.05, 3.63) is 71.8 Å². The first-order valence-corrected chi connectivity index (χ1v) is 9.83.